The summed E-state index contributed by atoms with van der Waals surface area (Å²) in [6.45, 7) is 32.6. The van der Waals surface area contributed by atoms with Gasteiger partial charge >= 0.3 is 5.97 Å². The molecular weight excluding hydrogens is 1790 g/mol. The van der Waals surface area contributed by atoms with Crippen LogP contribution < -0.4 is 21.7 Å². The van der Waals surface area contributed by atoms with E-state index in [4.69, 9.17) is 24.7 Å². The second-order valence-electron chi connectivity index (χ2n) is 27.2. The van der Waals surface area contributed by atoms with Gasteiger partial charge in [-0.25, -0.2) is 6.29 Å². The molecule has 0 saturated carbocycles. The zero-order chi connectivity index (χ0) is 73.1. The average molecular weight is 1920 g/mol. The maximum Gasteiger partial charge on any atom is 0.305 e. The van der Waals surface area contributed by atoms with Gasteiger partial charge in [0.15, 0.2) is 11.6 Å². The summed E-state index contributed by atoms with van der Waals surface area (Å²) >= 11 is 0. The number of benzene rings is 2. The fraction of sp³-hybridized carbons (Fsp3) is 0.724. The maximum atomic E-state index is 14.2. The SMILES string of the molecule is CCC.CCC(=O)OCC1c2ccccc2-c2ccccc21.CCCC(=O)[C@H](C)N.CCCC(=O)[C@H](C)NC(=O)[C@H](C)[C@@H](OC)[C@@H]1CCCN1.CC[C@H](C)[C@@H]([C@@H](CC(=O)N1CCC[C@H]1[C@H](OC)[C@@H](C)C(=O)N[C@@H](C)[C-]=O)OC)N(C)C(=O)[C@@H](CC(=O)[C@H](C(C)C)N(C)C)C(C)C.O.[W].[W].[W]. The number of nitrogens with one attached hydrogen (secondary N) is 3. The fourth-order valence-electron chi connectivity index (χ4n) is 13.1. The second-order valence-corrected chi connectivity index (χ2v) is 27.2. The zero-order valence-corrected chi connectivity index (χ0v) is 73.5. The first-order valence-electron chi connectivity index (χ1n) is 35.6. The van der Waals surface area contributed by atoms with Gasteiger partial charge in [-0.1, -0.05) is 164 Å². The van der Waals surface area contributed by atoms with Crippen LogP contribution in [0.3, 0.4) is 0 Å². The molecule has 2 heterocycles. The summed E-state index contributed by atoms with van der Waals surface area (Å²) in [6.07, 6.45) is 9.53. The molecule has 5 rings (SSSR count). The van der Waals surface area contributed by atoms with E-state index in [0.29, 0.717) is 38.8 Å². The number of fused-ring (bicyclic) bond motifs is 3. The Kier molecular flexibility index (Phi) is 56.2. The van der Waals surface area contributed by atoms with E-state index in [-0.39, 0.29) is 188 Å². The predicted octanol–water partition coefficient (Wildman–Crippen LogP) is 9.64. The second kappa shape index (κ2) is 54.8. The van der Waals surface area contributed by atoms with Gasteiger partial charge in [0.2, 0.25) is 23.6 Å². The Morgan fingerprint density at radius 1 is 0.670 bits per heavy atom. The minimum absolute atomic E-state index is 0. The molecule has 21 nitrogen and oxygen atoms in total. The Hall–Kier alpha value is -3.75. The van der Waals surface area contributed by atoms with Gasteiger partial charge < -0.3 is 60.7 Å². The number of hydrogen-bond acceptors (Lipinski definition) is 16. The molecule has 0 bridgehead atoms. The summed E-state index contributed by atoms with van der Waals surface area (Å²) in [5.41, 5.74) is 10.3. The molecule has 2 aromatic rings. The maximum absolute atomic E-state index is 14.2. The molecule has 4 amide bonds. The minimum Gasteiger partial charge on any atom is -0.540 e. The number of esters is 1. The van der Waals surface area contributed by atoms with Crippen molar-refractivity contribution < 1.29 is 131 Å². The number of likely N-dealkylation sites (N-methyl/N-ethyl adjacent to an activating group) is 2. The van der Waals surface area contributed by atoms with E-state index < -0.39 is 42.2 Å². The number of ether oxygens (including phenoxy) is 4. The van der Waals surface area contributed by atoms with Gasteiger partial charge in [0.05, 0.1) is 66.8 Å². The first kappa shape index (κ1) is 103. The number of likely N-dealkylation sites (tertiary alicyclic amines) is 1. The van der Waals surface area contributed by atoms with E-state index in [1.807, 2.05) is 93.4 Å². The summed E-state index contributed by atoms with van der Waals surface area (Å²) in [7, 11) is 10.3. The molecule has 100 heavy (non-hydrogen) atoms. The molecule has 0 spiro atoms. The first-order valence-corrected chi connectivity index (χ1v) is 35.6. The van der Waals surface area contributed by atoms with Crippen molar-refractivity contribution in [1.82, 2.24) is 30.7 Å². The molecule has 2 aliphatic heterocycles. The Labute approximate surface area is 645 Å². The molecule has 2 aromatic carbocycles. The summed E-state index contributed by atoms with van der Waals surface area (Å²) in [4.78, 5) is 117. The molecule has 7 N–H and O–H groups in total. The van der Waals surface area contributed by atoms with Crippen LogP contribution in [-0.2, 0) is 125 Å². The van der Waals surface area contributed by atoms with E-state index >= 15 is 0 Å². The van der Waals surface area contributed by atoms with Crippen LogP contribution in [0.5, 0.6) is 0 Å². The van der Waals surface area contributed by atoms with Crippen molar-refractivity contribution in [3.63, 3.8) is 0 Å². The van der Waals surface area contributed by atoms with Crippen LogP contribution in [-0.4, -0.2) is 196 Å². The summed E-state index contributed by atoms with van der Waals surface area (Å²) in [5.74, 6) is -1.68. The topological polar surface area (TPSA) is 294 Å². The number of carbonyl (C=O) groups is 8. The van der Waals surface area contributed by atoms with Crippen LogP contribution in [0.1, 0.15) is 211 Å². The summed E-state index contributed by atoms with van der Waals surface area (Å²) in [6, 6.07) is 14.5. The minimum atomic E-state index is -0.744. The molecule has 0 aromatic heterocycles. The molecule has 24 heteroatoms. The van der Waals surface area contributed by atoms with Crippen molar-refractivity contribution in [3.8, 4) is 11.1 Å². The van der Waals surface area contributed by atoms with Crippen LogP contribution in [0.4, 0.5) is 0 Å². The number of rotatable bonds is 34. The molecule has 3 aliphatic rings. The van der Waals surface area contributed by atoms with Crippen LogP contribution in [0.25, 0.3) is 11.1 Å². The van der Waals surface area contributed by atoms with Gasteiger partial charge in [-0.05, 0) is 113 Å². The number of nitrogens with two attached hydrogens (primary N) is 1. The molecular formula is C76H130N7O14W3-. The van der Waals surface area contributed by atoms with Crippen molar-refractivity contribution in [2.24, 2.45) is 41.2 Å². The third kappa shape index (κ3) is 32.7. The smallest absolute Gasteiger partial charge is 0.305 e. The molecule has 572 valence electrons. The molecule has 0 radical (unpaired) electrons. The average Bonchev–Trinajstić information content (AvgIpc) is 1.62. The van der Waals surface area contributed by atoms with E-state index in [1.54, 1.807) is 65.0 Å². The zero-order valence-electron chi connectivity index (χ0n) is 64.7. The van der Waals surface area contributed by atoms with Crippen molar-refractivity contribution in [2.45, 2.75) is 261 Å². The van der Waals surface area contributed by atoms with Gasteiger partial charge in [0.1, 0.15) is 12.4 Å². The third-order valence-electron chi connectivity index (χ3n) is 18.5. The van der Waals surface area contributed by atoms with E-state index in [0.717, 1.165) is 45.1 Å². The van der Waals surface area contributed by atoms with Gasteiger partial charge in [-0.15, -0.1) is 0 Å². The molecule has 0 unspecified atom stereocenters. The number of ketones is 3. The van der Waals surface area contributed by atoms with Crippen molar-refractivity contribution in [3.05, 3.63) is 59.7 Å². The van der Waals surface area contributed by atoms with E-state index in [9.17, 15) is 43.2 Å². The number of methoxy groups -OCH3 is 3. The van der Waals surface area contributed by atoms with Gasteiger partial charge in [0, 0.05) is 142 Å². The van der Waals surface area contributed by atoms with Crippen LogP contribution in [0, 0.1) is 35.5 Å². The first-order chi connectivity index (χ1) is 45.4. The van der Waals surface area contributed by atoms with Crippen molar-refractivity contribution in [2.75, 3.05) is 62.2 Å². The predicted molar refractivity (Wildman–Crippen MR) is 386 cm³/mol. The number of nitrogens with zero attached hydrogens (tertiary/aromatic N) is 3. The normalized spacial score (nSPS) is 17.8. The Morgan fingerprint density at radius 3 is 1.60 bits per heavy atom. The van der Waals surface area contributed by atoms with Gasteiger partial charge in [0.25, 0.3) is 0 Å². The number of hydrogen-bond donors (Lipinski definition) is 4. The quantitative estimate of drug-likeness (QED) is 0.0374. The summed E-state index contributed by atoms with van der Waals surface area (Å²) < 4.78 is 22.6. The molecule has 14 atom stereocenters. The van der Waals surface area contributed by atoms with Crippen LogP contribution in [0.2, 0.25) is 0 Å². The Balaban J connectivity index is -0.000000700. The molecule has 1 aliphatic carbocycles. The monoisotopic (exact) mass is 1920 g/mol. The third-order valence-corrected chi connectivity index (χ3v) is 18.5. The van der Waals surface area contributed by atoms with E-state index in [1.165, 1.54) is 35.8 Å². The van der Waals surface area contributed by atoms with Crippen LogP contribution >= 0.6 is 0 Å². The van der Waals surface area contributed by atoms with Crippen LogP contribution in [0.15, 0.2) is 48.5 Å². The molecule has 2 fully saturated rings. The largest absolute Gasteiger partial charge is 0.540 e. The van der Waals surface area contributed by atoms with E-state index in [2.05, 4.69) is 73.1 Å². The fourth-order valence-corrected chi connectivity index (χ4v) is 13.1. The Bertz CT molecular complexity index is 2630. The van der Waals surface area contributed by atoms with Crippen molar-refractivity contribution >= 4 is 53.2 Å². The molecule has 2 saturated heterocycles. The number of Topliss-reactive ketones (excluding diaryl/α,β-unsaturated/α-hetero) is 3. The number of amides is 4. The summed E-state index contributed by atoms with van der Waals surface area (Å²) in [5, 5.41) is 8.80. The van der Waals surface area contributed by atoms with Gasteiger partial charge in [-0.2, -0.15) is 0 Å². The Morgan fingerprint density at radius 2 is 1.18 bits per heavy atom. The standard InChI is InChI=1S/C35H63N4O7.C17H16O2.C15H28N2O3.C6H13NO.C3H8.H2O.3W/c1-14-23(6)32(38(11)35(44)26(21(2)3)18-28(41)31(22(4)5)37(9)10)29(45-12)19-30(42)39-17-15-16-27(39)33(46-13)25(8)34(43)36-24(7)20-40;1-2-17(18)19-11-16-14-9-5-3-7-12(14)13-8-4-6-10-15(13)16;1-5-7-13(18)11(3)17-15(19)10(2)14(20-4)12-8-6-9-16-12;1-3-4-6(8)5(2)7;1-3-2;;;;/h21-27,29,31-33H,14-19H2,1-13H3,(H,36,43);3-10,16H,2,11H2,1H3;10-12,14,16H,5-9H2,1-4H3,(H,17,19);5H,3-4,7H2,1-2H3;3H2,1-2H3;1H2;;;/q-1;;;;;;;;/t23-,24-,25+,26-,27-,29+,31-,32-,33+;;10-,11+,12+,14-;5-;;;;;/m0.10...../s1. The van der Waals surface area contributed by atoms with Gasteiger partial charge in [-0.3, -0.25) is 43.3 Å². The van der Waals surface area contributed by atoms with Crippen molar-refractivity contribution in [1.29, 1.82) is 0 Å². The number of carbonyl (C=O) groups excluding carboxylic acids is 9.